The summed E-state index contributed by atoms with van der Waals surface area (Å²) in [5, 5.41) is 1.17. The Morgan fingerprint density at radius 3 is 2.31 bits per heavy atom. The molecule has 2 rings (SSSR count). The van der Waals surface area contributed by atoms with Crippen LogP contribution in [0, 0.1) is 0 Å². The molecule has 1 atom stereocenters. The summed E-state index contributed by atoms with van der Waals surface area (Å²) in [6.45, 7) is 0.154. The molecule has 0 aliphatic carbocycles. The predicted molar refractivity (Wildman–Crippen MR) is 108 cm³/mol. The topological polar surface area (TPSA) is 74.4 Å². The Bertz CT molecular complexity index is 726. The summed E-state index contributed by atoms with van der Waals surface area (Å²) in [6, 6.07) is 7.74. The highest BCUT2D eigenvalue weighted by atomic mass is 35.5. The molecule has 0 bridgehead atoms. The van der Waals surface area contributed by atoms with Gasteiger partial charge < -0.3 is 15.2 Å². The maximum atomic E-state index is 11.3. The number of carbonyl (C=O) groups is 1. The first-order chi connectivity index (χ1) is 11.4. The van der Waals surface area contributed by atoms with Gasteiger partial charge in [-0.3, -0.25) is 4.79 Å². The number of methoxy groups -OCH3 is 1. The SMILES string of the molecule is COC(=O)[C@@H](N)Cc1ccc(OCc2c(Cl)cccc2Cl)c(Cl)n1.Cl.Cl. The molecule has 144 valence electrons. The maximum absolute atomic E-state index is 11.3. The molecule has 1 aromatic heterocycles. The third-order valence-electron chi connectivity index (χ3n) is 3.24. The number of ether oxygens (including phenoxy) is 2. The van der Waals surface area contributed by atoms with Crippen molar-refractivity contribution in [3.63, 3.8) is 0 Å². The van der Waals surface area contributed by atoms with Crippen LogP contribution >= 0.6 is 59.6 Å². The van der Waals surface area contributed by atoms with Crippen molar-refractivity contribution in [2.75, 3.05) is 7.11 Å². The van der Waals surface area contributed by atoms with Crippen LogP contribution in [0.4, 0.5) is 0 Å². The summed E-state index contributed by atoms with van der Waals surface area (Å²) in [6.07, 6.45) is 0.211. The quantitative estimate of drug-likeness (QED) is 0.505. The Hall–Kier alpha value is -0.950. The average molecular weight is 463 g/mol. The second-order valence-corrected chi connectivity index (χ2v) is 6.09. The highest BCUT2D eigenvalue weighted by molar-refractivity contribution is 6.36. The van der Waals surface area contributed by atoms with Gasteiger partial charge in [0.2, 0.25) is 0 Å². The fraction of sp³-hybridized carbons (Fsp3) is 0.250. The molecule has 0 amide bonds. The molecule has 0 aliphatic heterocycles. The molecule has 26 heavy (non-hydrogen) atoms. The lowest BCUT2D eigenvalue weighted by Gasteiger charge is -2.12. The minimum absolute atomic E-state index is 0. The van der Waals surface area contributed by atoms with Crippen LogP contribution in [0.2, 0.25) is 15.2 Å². The summed E-state index contributed by atoms with van der Waals surface area (Å²) in [5.74, 6) is -0.135. The first-order valence-electron chi connectivity index (χ1n) is 6.97. The van der Waals surface area contributed by atoms with Gasteiger partial charge in [-0.1, -0.05) is 40.9 Å². The summed E-state index contributed by atoms with van der Waals surface area (Å²) in [5.41, 5.74) is 6.91. The summed E-state index contributed by atoms with van der Waals surface area (Å²) < 4.78 is 10.2. The zero-order valence-corrected chi connectivity index (χ0v) is 17.5. The first kappa shape index (κ1) is 25.1. The van der Waals surface area contributed by atoms with Crippen LogP contribution in [0.25, 0.3) is 0 Å². The van der Waals surface area contributed by atoms with Gasteiger partial charge in [-0.15, -0.1) is 24.8 Å². The van der Waals surface area contributed by atoms with Gasteiger partial charge in [0.15, 0.2) is 10.9 Å². The summed E-state index contributed by atoms with van der Waals surface area (Å²) >= 11 is 18.3. The van der Waals surface area contributed by atoms with Gasteiger partial charge >= 0.3 is 5.97 Å². The minimum atomic E-state index is -0.799. The van der Waals surface area contributed by atoms with Gasteiger partial charge in [0.1, 0.15) is 12.6 Å². The smallest absolute Gasteiger partial charge is 0.323 e. The number of benzene rings is 1. The molecule has 0 spiro atoms. The van der Waals surface area contributed by atoms with E-state index in [4.69, 9.17) is 45.3 Å². The molecule has 0 aliphatic rings. The second-order valence-electron chi connectivity index (χ2n) is 4.91. The third kappa shape index (κ3) is 6.65. The first-order valence-corrected chi connectivity index (χ1v) is 8.10. The molecule has 10 heteroatoms. The summed E-state index contributed by atoms with van der Waals surface area (Å²) in [7, 11) is 1.28. The van der Waals surface area contributed by atoms with E-state index in [-0.39, 0.29) is 43.0 Å². The second kappa shape index (κ2) is 11.7. The third-order valence-corrected chi connectivity index (χ3v) is 4.22. The fourth-order valence-electron chi connectivity index (χ4n) is 1.96. The van der Waals surface area contributed by atoms with E-state index in [0.717, 1.165) is 0 Å². The highest BCUT2D eigenvalue weighted by Crippen LogP contribution is 2.28. The number of nitrogens with zero attached hydrogens (tertiary/aromatic N) is 1. The van der Waals surface area contributed by atoms with E-state index < -0.39 is 12.0 Å². The standard InChI is InChI=1S/C16H15Cl3N2O3.2ClH/c1-23-16(22)13(20)7-9-5-6-14(15(19)21-9)24-8-10-11(17)3-2-4-12(10)18;;/h2-6,13H,7-8,20H2,1H3;2*1H/t13-;;/m0../s1. The molecule has 0 radical (unpaired) electrons. The number of hydrogen-bond acceptors (Lipinski definition) is 5. The van der Waals surface area contributed by atoms with Crippen LogP contribution in [-0.4, -0.2) is 24.1 Å². The largest absolute Gasteiger partial charge is 0.486 e. The van der Waals surface area contributed by atoms with E-state index in [1.807, 2.05) is 0 Å². The molecule has 0 fully saturated rings. The van der Waals surface area contributed by atoms with Gasteiger partial charge in [-0.25, -0.2) is 4.98 Å². The highest BCUT2D eigenvalue weighted by Gasteiger charge is 2.16. The zero-order valence-electron chi connectivity index (χ0n) is 13.6. The van der Waals surface area contributed by atoms with Gasteiger partial charge in [0, 0.05) is 27.7 Å². The summed E-state index contributed by atoms with van der Waals surface area (Å²) in [4.78, 5) is 15.5. The molecular formula is C16H17Cl5N2O3. The van der Waals surface area contributed by atoms with Gasteiger partial charge in [-0.05, 0) is 24.3 Å². The number of carbonyl (C=O) groups excluding carboxylic acids is 1. The van der Waals surface area contributed by atoms with Crippen LogP contribution in [0.15, 0.2) is 30.3 Å². The number of pyridine rings is 1. The van der Waals surface area contributed by atoms with Crippen LogP contribution < -0.4 is 10.5 Å². The lowest BCUT2D eigenvalue weighted by atomic mass is 10.1. The van der Waals surface area contributed by atoms with E-state index in [0.29, 0.717) is 27.1 Å². The van der Waals surface area contributed by atoms with E-state index in [9.17, 15) is 4.79 Å². The van der Waals surface area contributed by atoms with Crippen LogP contribution in [0.5, 0.6) is 5.75 Å². The van der Waals surface area contributed by atoms with Crippen LogP contribution in [-0.2, 0) is 22.6 Å². The number of esters is 1. The van der Waals surface area contributed by atoms with Gasteiger partial charge in [0.05, 0.1) is 7.11 Å². The molecular weight excluding hydrogens is 445 g/mol. The molecule has 2 aromatic rings. The molecule has 0 saturated heterocycles. The monoisotopic (exact) mass is 460 g/mol. The number of hydrogen-bond donors (Lipinski definition) is 1. The molecule has 2 N–H and O–H groups in total. The number of rotatable bonds is 6. The average Bonchev–Trinajstić information content (AvgIpc) is 2.55. The Labute approximate surface area is 178 Å². The van der Waals surface area contributed by atoms with Crippen molar-refractivity contribution >= 4 is 65.6 Å². The van der Waals surface area contributed by atoms with Gasteiger partial charge in [0.25, 0.3) is 0 Å². The Morgan fingerprint density at radius 1 is 1.15 bits per heavy atom. The van der Waals surface area contributed by atoms with Gasteiger partial charge in [-0.2, -0.15) is 0 Å². The van der Waals surface area contributed by atoms with Crippen molar-refractivity contribution in [2.24, 2.45) is 5.73 Å². The Kier molecular flexibility index (Phi) is 11.3. The van der Waals surface area contributed by atoms with Crippen molar-refractivity contribution < 1.29 is 14.3 Å². The zero-order chi connectivity index (χ0) is 17.7. The lowest BCUT2D eigenvalue weighted by Crippen LogP contribution is -2.33. The predicted octanol–water partition coefficient (Wildman–Crippen LogP) is 4.51. The number of nitrogens with two attached hydrogens (primary N) is 1. The molecule has 0 unspecified atom stereocenters. The normalized spacial score (nSPS) is 11.0. The van der Waals surface area contributed by atoms with Crippen molar-refractivity contribution in [1.82, 2.24) is 4.98 Å². The van der Waals surface area contributed by atoms with Crippen LogP contribution in [0.1, 0.15) is 11.3 Å². The molecule has 1 heterocycles. The number of aromatic nitrogens is 1. The lowest BCUT2D eigenvalue weighted by molar-refractivity contribution is -0.142. The minimum Gasteiger partial charge on any atom is -0.486 e. The Balaban J connectivity index is 0.00000312. The van der Waals surface area contributed by atoms with Crippen molar-refractivity contribution in [3.8, 4) is 5.75 Å². The Morgan fingerprint density at radius 2 is 1.77 bits per heavy atom. The fourth-order valence-corrected chi connectivity index (χ4v) is 2.69. The van der Waals surface area contributed by atoms with Crippen molar-refractivity contribution in [2.45, 2.75) is 19.1 Å². The molecule has 0 saturated carbocycles. The number of halogens is 5. The van der Waals surface area contributed by atoms with Crippen LogP contribution in [0.3, 0.4) is 0 Å². The molecule has 5 nitrogen and oxygen atoms in total. The molecule has 1 aromatic carbocycles. The van der Waals surface area contributed by atoms with E-state index in [2.05, 4.69) is 9.72 Å². The maximum Gasteiger partial charge on any atom is 0.323 e. The van der Waals surface area contributed by atoms with E-state index in [1.165, 1.54) is 7.11 Å². The van der Waals surface area contributed by atoms with Crippen molar-refractivity contribution in [3.05, 3.63) is 56.8 Å². The van der Waals surface area contributed by atoms with E-state index in [1.54, 1.807) is 30.3 Å². The van der Waals surface area contributed by atoms with E-state index >= 15 is 0 Å². The van der Waals surface area contributed by atoms with Crippen molar-refractivity contribution in [1.29, 1.82) is 0 Å².